The normalized spacial score (nSPS) is 12.5. The van der Waals surface area contributed by atoms with Gasteiger partial charge in [-0.3, -0.25) is 9.59 Å². The van der Waals surface area contributed by atoms with Gasteiger partial charge in [-0.25, -0.2) is 0 Å². The molecule has 0 heterocycles. The van der Waals surface area contributed by atoms with Crippen molar-refractivity contribution < 1.29 is 24.5 Å². The summed E-state index contributed by atoms with van der Waals surface area (Å²) in [4.78, 5) is 24.6. The van der Waals surface area contributed by atoms with Crippen LogP contribution in [-0.4, -0.2) is 47.4 Å². The molecule has 0 aromatic heterocycles. The number of esters is 1. The monoisotopic (exact) mass is 976 g/mol. The van der Waals surface area contributed by atoms with Gasteiger partial charge in [-0.1, -0.05) is 328 Å². The van der Waals surface area contributed by atoms with E-state index in [1.165, 1.54) is 276 Å². The highest BCUT2D eigenvalue weighted by molar-refractivity contribution is 5.76. The van der Waals surface area contributed by atoms with Gasteiger partial charge in [-0.15, -0.1) is 0 Å². The average molecular weight is 977 g/mol. The molecule has 0 saturated heterocycles. The molecule has 0 aromatic rings. The standard InChI is InChI=1S/C63H125NO5/c1-3-5-7-9-11-13-15-17-19-21-23-24-25-26-27-28-29-30-32-34-36-39-43-47-51-55-61(66)60(59-65)64-62(67)56-52-48-44-40-38-42-46-50-54-58-69-63(68)57-53-49-45-41-37-35-33-31-22-20-18-16-14-12-10-8-6-4-2/h60-61,65-66H,3-59H2,1-2H3,(H,64,67). The molecule has 0 aliphatic heterocycles. The molecule has 0 radical (unpaired) electrons. The van der Waals surface area contributed by atoms with Gasteiger partial charge in [0.05, 0.1) is 25.4 Å². The Morgan fingerprint density at radius 3 is 0.884 bits per heavy atom. The van der Waals surface area contributed by atoms with Crippen molar-refractivity contribution in [1.82, 2.24) is 5.32 Å². The molecule has 412 valence electrons. The minimum atomic E-state index is -0.682. The first-order valence-electron chi connectivity index (χ1n) is 31.8. The summed E-state index contributed by atoms with van der Waals surface area (Å²) >= 11 is 0. The van der Waals surface area contributed by atoms with Crippen molar-refractivity contribution >= 4 is 11.9 Å². The van der Waals surface area contributed by atoms with E-state index in [0.717, 1.165) is 57.8 Å². The van der Waals surface area contributed by atoms with E-state index in [0.29, 0.717) is 25.9 Å². The fourth-order valence-corrected chi connectivity index (χ4v) is 10.3. The number of nitrogens with one attached hydrogen (secondary N) is 1. The Kier molecular flexibility index (Phi) is 58.4. The van der Waals surface area contributed by atoms with E-state index in [2.05, 4.69) is 19.2 Å². The number of amides is 1. The largest absolute Gasteiger partial charge is 0.466 e. The number of hydrogen-bond donors (Lipinski definition) is 3. The fraction of sp³-hybridized carbons (Fsp3) is 0.968. The van der Waals surface area contributed by atoms with Crippen molar-refractivity contribution in [3.8, 4) is 0 Å². The third kappa shape index (κ3) is 56.0. The van der Waals surface area contributed by atoms with Crippen LogP contribution >= 0.6 is 0 Å². The zero-order chi connectivity index (χ0) is 50.0. The summed E-state index contributed by atoms with van der Waals surface area (Å²) in [5.41, 5.74) is 0. The maximum atomic E-state index is 12.5. The predicted octanol–water partition coefficient (Wildman–Crippen LogP) is 19.9. The minimum absolute atomic E-state index is 0.0185. The van der Waals surface area contributed by atoms with Gasteiger partial charge < -0.3 is 20.3 Å². The second kappa shape index (κ2) is 59.4. The zero-order valence-corrected chi connectivity index (χ0v) is 47.1. The Morgan fingerprint density at radius 1 is 0.348 bits per heavy atom. The van der Waals surface area contributed by atoms with Gasteiger partial charge in [-0.2, -0.15) is 0 Å². The Hall–Kier alpha value is -1.14. The van der Waals surface area contributed by atoms with Gasteiger partial charge >= 0.3 is 5.97 Å². The summed E-state index contributed by atoms with van der Waals surface area (Å²) in [5.74, 6) is -0.0750. The van der Waals surface area contributed by atoms with E-state index < -0.39 is 12.1 Å². The second-order valence-electron chi connectivity index (χ2n) is 22.1. The first-order chi connectivity index (χ1) is 34.0. The highest BCUT2D eigenvalue weighted by Gasteiger charge is 2.20. The van der Waals surface area contributed by atoms with Crippen LogP contribution in [0.5, 0.6) is 0 Å². The Morgan fingerprint density at radius 2 is 0.594 bits per heavy atom. The molecule has 0 bridgehead atoms. The SMILES string of the molecule is CCCCCCCCCCCCCCCCCCCCCCCCCCCC(O)C(CO)NC(=O)CCCCCCCCCCCOC(=O)CCCCCCCCCCCCCCCCCCCC. The van der Waals surface area contributed by atoms with Crippen LogP contribution in [0.4, 0.5) is 0 Å². The molecular weight excluding hydrogens is 851 g/mol. The molecule has 0 spiro atoms. The van der Waals surface area contributed by atoms with Gasteiger partial charge in [0, 0.05) is 12.8 Å². The number of aliphatic hydroxyl groups excluding tert-OH is 2. The van der Waals surface area contributed by atoms with E-state index in [9.17, 15) is 19.8 Å². The van der Waals surface area contributed by atoms with Crippen molar-refractivity contribution in [3.05, 3.63) is 0 Å². The maximum Gasteiger partial charge on any atom is 0.305 e. The van der Waals surface area contributed by atoms with Crippen molar-refractivity contribution in [3.63, 3.8) is 0 Å². The van der Waals surface area contributed by atoms with Crippen LogP contribution in [0, 0.1) is 0 Å². The first kappa shape index (κ1) is 67.9. The second-order valence-corrected chi connectivity index (χ2v) is 22.1. The van der Waals surface area contributed by atoms with Gasteiger partial charge in [0.25, 0.3) is 0 Å². The molecule has 3 N–H and O–H groups in total. The molecule has 0 fully saturated rings. The van der Waals surface area contributed by atoms with Crippen LogP contribution < -0.4 is 5.32 Å². The lowest BCUT2D eigenvalue weighted by Crippen LogP contribution is -2.45. The van der Waals surface area contributed by atoms with Crippen LogP contribution in [0.25, 0.3) is 0 Å². The van der Waals surface area contributed by atoms with Crippen LogP contribution in [0.2, 0.25) is 0 Å². The highest BCUT2D eigenvalue weighted by atomic mass is 16.5. The topological polar surface area (TPSA) is 95.9 Å². The summed E-state index contributed by atoms with van der Waals surface area (Å²) in [6.45, 7) is 4.94. The Balaban J connectivity index is 3.43. The van der Waals surface area contributed by atoms with Gasteiger partial charge in [-0.05, 0) is 25.7 Å². The van der Waals surface area contributed by atoms with Gasteiger partial charge in [0.15, 0.2) is 0 Å². The number of hydrogen-bond acceptors (Lipinski definition) is 5. The molecule has 0 aromatic carbocycles. The third-order valence-electron chi connectivity index (χ3n) is 15.2. The molecule has 2 atom stereocenters. The van der Waals surface area contributed by atoms with Crippen LogP contribution in [0.1, 0.15) is 367 Å². The summed E-state index contributed by atoms with van der Waals surface area (Å²) in [6, 6.07) is -0.561. The lowest BCUT2D eigenvalue weighted by atomic mass is 10.0. The van der Waals surface area contributed by atoms with Crippen LogP contribution in [0.3, 0.4) is 0 Å². The summed E-state index contributed by atoms with van der Waals surface area (Å²) in [5, 5.41) is 23.4. The van der Waals surface area contributed by atoms with Crippen LogP contribution in [-0.2, 0) is 14.3 Å². The van der Waals surface area contributed by atoms with E-state index >= 15 is 0 Å². The van der Waals surface area contributed by atoms with Crippen molar-refractivity contribution in [2.24, 2.45) is 0 Å². The molecule has 6 heteroatoms. The quantitative estimate of drug-likeness (QED) is 0.0417. The molecule has 0 saturated carbocycles. The number of rotatable bonds is 60. The first-order valence-corrected chi connectivity index (χ1v) is 31.8. The molecule has 0 rings (SSSR count). The average Bonchev–Trinajstić information content (AvgIpc) is 3.35. The highest BCUT2D eigenvalue weighted by Crippen LogP contribution is 2.19. The van der Waals surface area contributed by atoms with E-state index in [1.807, 2.05) is 0 Å². The Labute approximate surface area is 432 Å². The summed E-state index contributed by atoms with van der Waals surface area (Å²) in [7, 11) is 0. The molecule has 0 aliphatic rings. The third-order valence-corrected chi connectivity index (χ3v) is 15.2. The van der Waals surface area contributed by atoms with E-state index in [1.54, 1.807) is 0 Å². The van der Waals surface area contributed by atoms with E-state index in [-0.39, 0.29) is 18.5 Å². The number of carbonyl (C=O) groups excluding carboxylic acids is 2. The van der Waals surface area contributed by atoms with E-state index in [4.69, 9.17) is 4.74 Å². The molecule has 0 aliphatic carbocycles. The molecule has 69 heavy (non-hydrogen) atoms. The lowest BCUT2D eigenvalue weighted by molar-refractivity contribution is -0.143. The van der Waals surface area contributed by atoms with Crippen LogP contribution in [0.15, 0.2) is 0 Å². The van der Waals surface area contributed by atoms with Crippen molar-refractivity contribution in [1.29, 1.82) is 0 Å². The minimum Gasteiger partial charge on any atom is -0.466 e. The predicted molar refractivity (Wildman–Crippen MR) is 301 cm³/mol. The van der Waals surface area contributed by atoms with Gasteiger partial charge in [0.2, 0.25) is 5.91 Å². The number of ether oxygens (including phenoxy) is 1. The number of unbranched alkanes of at least 4 members (excludes halogenated alkanes) is 49. The van der Waals surface area contributed by atoms with Crippen molar-refractivity contribution in [2.75, 3.05) is 13.2 Å². The lowest BCUT2D eigenvalue weighted by Gasteiger charge is -2.22. The van der Waals surface area contributed by atoms with Crippen molar-refractivity contribution in [2.45, 2.75) is 379 Å². The summed E-state index contributed by atoms with van der Waals surface area (Å²) < 4.78 is 5.48. The molecule has 1 amide bonds. The zero-order valence-electron chi connectivity index (χ0n) is 47.1. The molecule has 6 nitrogen and oxygen atoms in total. The Bertz CT molecular complexity index is 990. The number of aliphatic hydroxyl groups is 2. The molecular formula is C63H125NO5. The summed E-state index contributed by atoms with van der Waals surface area (Å²) in [6.07, 6.45) is 69.7. The van der Waals surface area contributed by atoms with Gasteiger partial charge in [0.1, 0.15) is 0 Å². The smallest absolute Gasteiger partial charge is 0.305 e. The fourth-order valence-electron chi connectivity index (χ4n) is 10.3. The number of carbonyl (C=O) groups is 2. The molecule has 2 unspecified atom stereocenters. The maximum absolute atomic E-state index is 12.5.